The average molecular weight is 480 g/mol. The third-order valence-electron chi connectivity index (χ3n) is 6.31. The van der Waals surface area contributed by atoms with Crippen molar-refractivity contribution < 1.29 is 70.8 Å². The van der Waals surface area contributed by atoms with Crippen molar-refractivity contribution in [1.29, 1.82) is 0 Å². The van der Waals surface area contributed by atoms with Gasteiger partial charge in [0.15, 0.2) is 0 Å². The van der Waals surface area contributed by atoms with E-state index in [-0.39, 0.29) is 92.9 Å². The average Bonchev–Trinajstić information content (AvgIpc) is 2.94. The Morgan fingerprint density at radius 3 is 1.78 bits per heavy atom. The van der Waals surface area contributed by atoms with E-state index in [1.807, 2.05) is 20.9 Å². The summed E-state index contributed by atoms with van der Waals surface area (Å²) in [5, 5.41) is 14.1. The van der Waals surface area contributed by atoms with Crippen molar-refractivity contribution in [3.05, 3.63) is 11.1 Å². The van der Waals surface area contributed by atoms with E-state index in [0.29, 0.717) is 18.4 Å². The molecule has 7 heteroatoms. The number of hydrogen-bond acceptors (Lipinski definition) is 3. The maximum Gasteiger partial charge on any atom is 1.00 e. The van der Waals surface area contributed by atoms with Gasteiger partial charge in [-0.3, -0.25) is 4.79 Å². The molecule has 2 N–H and O–H groups in total. The number of esters is 1. The summed E-state index contributed by atoms with van der Waals surface area (Å²) in [6, 6.07) is 0.440. The van der Waals surface area contributed by atoms with Crippen molar-refractivity contribution in [3.63, 3.8) is 0 Å². The topological polar surface area (TPSA) is 102 Å². The Morgan fingerprint density at radius 1 is 1.06 bits per heavy atom. The van der Waals surface area contributed by atoms with Crippen molar-refractivity contribution in [2.45, 2.75) is 100 Å². The second-order valence-electron chi connectivity index (χ2n) is 11.8. The number of carboxylic acids is 1. The Hall–Kier alpha value is 0.496. The molecule has 184 valence electrons. The summed E-state index contributed by atoms with van der Waals surface area (Å²) in [5.41, 5.74) is 6.23. The van der Waals surface area contributed by atoms with Gasteiger partial charge < -0.3 is 20.9 Å². The fraction of sp³-hybridized carbons (Fsp3) is 0.920. The summed E-state index contributed by atoms with van der Waals surface area (Å²) in [6.07, 6.45) is 1.09. The third kappa shape index (κ3) is 9.63. The van der Waals surface area contributed by atoms with Gasteiger partial charge in [-0.2, -0.15) is 7.05 Å². The maximum atomic E-state index is 11.8. The van der Waals surface area contributed by atoms with Crippen LogP contribution >= 0.6 is 0 Å². The zero-order valence-electron chi connectivity index (χ0n) is 22.8. The van der Waals surface area contributed by atoms with Crippen LogP contribution in [0.2, 0.25) is 0 Å². The predicted molar refractivity (Wildman–Crippen MR) is 128 cm³/mol. The predicted octanol–water partition coefficient (Wildman–Crippen LogP) is 3.59. The number of nitrogens with zero attached hydrogens (tertiary/aromatic N) is 1. The molecule has 0 spiro atoms. The van der Waals surface area contributed by atoms with Gasteiger partial charge in [0.1, 0.15) is 0 Å². The fourth-order valence-electron chi connectivity index (χ4n) is 5.70. The molecule has 0 aromatic rings. The smallest absolute Gasteiger partial charge is 0.677 e. The zero-order valence-corrected chi connectivity index (χ0v) is 26.0. The molecule has 0 bridgehead atoms. The monoisotopic (exact) mass is 479 g/mol. The number of hydrogen-bond donors (Lipinski definition) is 1. The molecule has 1 fully saturated rings. The minimum Gasteiger partial charge on any atom is -0.677 e. The first-order chi connectivity index (χ1) is 14.0. The van der Waals surface area contributed by atoms with E-state index in [4.69, 9.17) is 10.5 Å². The van der Waals surface area contributed by atoms with Gasteiger partial charge in [-0.05, 0) is 30.6 Å². The van der Waals surface area contributed by atoms with Gasteiger partial charge >= 0.3 is 63.3 Å². The standard InChI is InChI=1S/C15H26NO4.C10H22N.K/c1-9(2)11-5-7-15(14(18)19,13(11)10(3)4)20-12(17)6-8-16;1-9(2,3)8(11-7)10(4,5)6;/h9-11,13,16H,5-8H2,1-4H3,(H,18,19);8H,1-7H3;/q2*-1;+1/t11?,13?,15-;;/m1../s1. The van der Waals surface area contributed by atoms with Gasteiger partial charge in [-0.1, -0.05) is 80.1 Å². The third-order valence-corrected chi connectivity index (χ3v) is 6.31. The summed E-state index contributed by atoms with van der Waals surface area (Å²) >= 11 is 0. The van der Waals surface area contributed by atoms with Crippen LogP contribution in [0, 0.1) is 34.5 Å². The molecule has 0 aromatic carbocycles. The van der Waals surface area contributed by atoms with Crippen LogP contribution < -0.4 is 51.4 Å². The minimum atomic E-state index is -1.41. The molecule has 0 saturated heterocycles. The first-order valence-electron chi connectivity index (χ1n) is 11.6. The van der Waals surface area contributed by atoms with E-state index >= 15 is 0 Å². The minimum absolute atomic E-state index is 0. The van der Waals surface area contributed by atoms with Crippen LogP contribution in [0.15, 0.2) is 0 Å². The molecule has 0 radical (unpaired) electrons. The molecule has 1 aliphatic rings. The molecule has 6 nitrogen and oxygen atoms in total. The van der Waals surface area contributed by atoms with Crippen molar-refractivity contribution in [2.75, 3.05) is 13.6 Å². The normalized spacial score (nSPS) is 23.6. The molecule has 3 atom stereocenters. The summed E-state index contributed by atoms with van der Waals surface area (Å²) in [5.74, 6) is -1.05. The molecule has 0 heterocycles. The van der Waals surface area contributed by atoms with Gasteiger partial charge in [0.2, 0.25) is 5.60 Å². The zero-order chi connectivity index (χ0) is 24.8. The van der Waals surface area contributed by atoms with Crippen molar-refractivity contribution in [2.24, 2.45) is 34.5 Å². The van der Waals surface area contributed by atoms with Crippen LogP contribution in [-0.2, 0) is 14.3 Å². The molecule has 0 aromatic heterocycles. The van der Waals surface area contributed by atoms with Crippen molar-refractivity contribution >= 4 is 11.9 Å². The number of carboxylic acid groups (broad SMARTS) is 1. The summed E-state index contributed by atoms with van der Waals surface area (Å²) in [4.78, 5) is 23.6. The maximum absolute atomic E-state index is 11.8. The molecule has 1 rings (SSSR count). The Bertz CT molecular complexity index is 567. The van der Waals surface area contributed by atoms with E-state index in [2.05, 4.69) is 60.7 Å². The summed E-state index contributed by atoms with van der Waals surface area (Å²) in [7, 11) is 1.92. The Kier molecular flexibility index (Phi) is 15.3. The second-order valence-corrected chi connectivity index (χ2v) is 11.8. The first-order valence-corrected chi connectivity index (χ1v) is 11.6. The van der Waals surface area contributed by atoms with E-state index < -0.39 is 17.5 Å². The van der Waals surface area contributed by atoms with E-state index in [0.717, 1.165) is 6.42 Å². The van der Waals surface area contributed by atoms with Crippen molar-refractivity contribution in [3.8, 4) is 0 Å². The first kappa shape index (κ1) is 34.7. The Balaban J connectivity index is 0. The molecule has 1 aliphatic carbocycles. The Labute approximate surface area is 240 Å². The number of ether oxygens (including phenoxy) is 1. The van der Waals surface area contributed by atoms with E-state index in [9.17, 15) is 14.7 Å². The molecular weight excluding hydrogens is 431 g/mol. The number of carbonyl (C=O) groups is 2. The summed E-state index contributed by atoms with van der Waals surface area (Å²) in [6.45, 7) is 21.5. The van der Waals surface area contributed by atoms with Gasteiger partial charge in [-0.15, -0.1) is 12.6 Å². The van der Waals surface area contributed by atoms with Crippen LogP contribution in [-0.4, -0.2) is 42.3 Å². The van der Waals surface area contributed by atoms with Crippen LogP contribution in [0.25, 0.3) is 11.1 Å². The molecule has 0 amide bonds. The SMILES string of the molecule is CC(C)C1CC[C@](OC(=O)CC[NH-])(C(=O)O)C1C(C)C.C[N-]C(C(C)(C)C)C(C)(C)C.[K+]. The van der Waals surface area contributed by atoms with Crippen LogP contribution in [0.4, 0.5) is 0 Å². The van der Waals surface area contributed by atoms with Crippen LogP contribution in [0.3, 0.4) is 0 Å². The van der Waals surface area contributed by atoms with Gasteiger partial charge in [0, 0.05) is 12.3 Å². The number of rotatable bonds is 7. The number of aliphatic carboxylic acids is 1. The van der Waals surface area contributed by atoms with E-state index in [1.165, 1.54) is 0 Å². The van der Waals surface area contributed by atoms with Crippen LogP contribution in [0.1, 0.15) is 88.5 Å². The van der Waals surface area contributed by atoms with Gasteiger partial charge in [-0.25, -0.2) is 4.79 Å². The number of nitrogens with one attached hydrogen (secondary N) is 1. The van der Waals surface area contributed by atoms with Crippen molar-refractivity contribution in [1.82, 2.24) is 0 Å². The molecule has 0 aliphatic heterocycles. The largest absolute Gasteiger partial charge is 1.00 e. The Morgan fingerprint density at radius 2 is 1.53 bits per heavy atom. The van der Waals surface area contributed by atoms with Gasteiger partial charge in [0.25, 0.3) is 0 Å². The van der Waals surface area contributed by atoms with Crippen LogP contribution in [0.5, 0.6) is 0 Å². The van der Waals surface area contributed by atoms with E-state index in [1.54, 1.807) is 0 Å². The molecule has 32 heavy (non-hydrogen) atoms. The summed E-state index contributed by atoms with van der Waals surface area (Å²) < 4.78 is 5.40. The second kappa shape index (κ2) is 14.2. The molecule has 1 saturated carbocycles. The fourth-order valence-corrected chi connectivity index (χ4v) is 5.70. The molecule has 2 unspecified atom stereocenters. The number of carbonyl (C=O) groups excluding carboxylic acids is 1. The molecular formula is C25H48KN2O4-. The quantitative estimate of drug-likeness (QED) is 0.445. The van der Waals surface area contributed by atoms with Gasteiger partial charge in [0.05, 0.1) is 0 Å².